The minimum atomic E-state index is 0.00106. The molecule has 0 aliphatic carbocycles. The molecule has 0 radical (unpaired) electrons. The van der Waals surface area contributed by atoms with Gasteiger partial charge < -0.3 is 24.6 Å². The average molecular weight is 429 g/mol. The van der Waals surface area contributed by atoms with Gasteiger partial charge in [0, 0.05) is 43.7 Å². The lowest BCUT2D eigenvalue weighted by atomic mass is 9.74. The Morgan fingerprint density at radius 3 is 2.45 bits per heavy atom. The number of rotatable bonds is 9. The number of hydrogen-bond acceptors (Lipinski definition) is 5. The predicted octanol–water partition coefficient (Wildman–Crippen LogP) is 3.61. The van der Waals surface area contributed by atoms with Crippen molar-refractivity contribution in [2.24, 2.45) is 4.99 Å². The van der Waals surface area contributed by atoms with Gasteiger partial charge in [-0.15, -0.1) is 0 Å². The van der Waals surface area contributed by atoms with E-state index in [-0.39, 0.29) is 5.41 Å². The highest BCUT2D eigenvalue weighted by Gasteiger charge is 2.34. The van der Waals surface area contributed by atoms with Crippen LogP contribution in [0.2, 0.25) is 0 Å². The first-order valence-electron chi connectivity index (χ1n) is 11.4. The van der Waals surface area contributed by atoms with Crippen molar-refractivity contribution in [3.05, 3.63) is 46.8 Å². The summed E-state index contributed by atoms with van der Waals surface area (Å²) in [6.07, 6.45) is 3.61. The molecule has 0 saturated carbocycles. The van der Waals surface area contributed by atoms with Gasteiger partial charge in [0.05, 0.1) is 19.3 Å². The Balaban J connectivity index is 1.77. The Bertz CT molecular complexity index is 818. The number of methoxy groups -OCH3 is 1. The van der Waals surface area contributed by atoms with E-state index in [2.05, 4.69) is 48.7 Å². The molecule has 7 heteroatoms. The highest BCUT2D eigenvalue weighted by atomic mass is 16.5. The van der Waals surface area contributed by atoms with Crippen LogP contribution in [0.4, 0.5) is 0 Å². The Kier molecular flexibility index (Phi) is 8.35. The van der Waals surface area contributed by atoms with Crippen molar-refractivity contribution >= 4 is 5.96 Å². The molecule has 1 aliphatic heterocycles. The molecule has 170 valence electrons. The van der Waals surface area contributed by atoms with Crippen LogP contribution in [0.1, 0.15) is 56.2 Å². The third-order valence-electron chi connectivity index (χ3n) is 6.09. The van der Waals surface area contributed by atoms with E-state index in [1.165, 1.54) is 5.56 Å². The standard InChI is InChI=1S/C24H36N4O3/c1-5-21-20(22(6-2)31-28-21)16-26-23(25-7-3)27-17-24(12-14-30-15-13-24)18-8-10-19(29-4)11-9-18/h8-11H,5-7,12-17H2,1-4H3,(H2,25,26,27). The fourth-order valence-corrected chi connectivity index (χ4v) is 4.14. The minimum absolute atomic E-state index is 0.00106. The first-order chi connectivity index (χ1) is 15.2. The molecule has 0 amide bonds. The fraction of sp³-hybridized carbons (Fsp3) is 0.583. The normalized spacial score (nSPS) is 16.2. The monoisotopic (exact) mass is 428 g/mol. The van der Waals surface area contributed by atoms with Crippen molar-refractivity contribution in [3.8, 4) is 5.75 Å². The van der Waals surface area contributed by atoms with Crippen molar-refractivity contribution in [2.75, 3.05) is 33.4 Å². The molecule has 2 aromatic rings. The molecular formula is C24H36N4O3. The van der Waals surface area contributed by atoms with Crippen molar-refractivity contribution in [1.29, 1.82) is 0 Å². The number of aliphatic imine (C=N–C) groups is 1. The third kappa shape index (κ3) is 5.58. The van der Waals surface area contributed by atoms with Crippen LogP contribution >= 0.6 is 0 Å². The van der Waals surface area contributed by atoms with Crippen LogP contribution in [0.3, 0.4) is 0 Å². The van der Waals surface area contributed by atoms with Crippen LogP contribution in [-0.2, 0) is 29.5 Å². The van der Waals surface area contributed by atoms with Crippen molar-refractivity contribution in [1.82, 2.24) is 15.8 Å². The molecule has 0 atom stereocenters. The first-order valence-corrected chi connectivity index (χ1v) is 11.4. The maximum atomic E-state index is 5.68. The second-order valence-corrected chi connectivity index (χ2v) is 7.91. The number of aromatic nitrogens is 1. The SMILES string of the molecule is CCNC(=NCc1c(CC)noc1CC)NCC1(c2ccc(OC)cc2)CCOCC1. The largest absolute Gasteiger partial charge is 0.497 e. The fourth-order valence-electron chi connectivity index (χ4n) is 4.14. The molecule has 1 aliphatic rings. The Morgan fingerprint density at radius 2 is 1.84 bits per heavy atom. The second-order valence-electron chi connectivity index (χ2n) is 7.91. The van der Waals surface area contributed by atoms with Crippen molar-refractivity contribution in [2.45, 2.75) is 58.4 Å². The maximum absolute atomic E-state index is 5.68. The van der Waals surface area contributed by atoms with Crippen molar-refractivity contribution in [3.63, 3.8) is 0 Å². The van der Waals surface area contributed by atoms with Gasteiger partial charge in [-0.25, -0.2) is 4.99 Å². The summed E-state index contributed by atoms with van der Waals surface area (Å²) in [5.74, 6) is 2.61. The highest BCUT2D eigenvalue weighted by molar-refractivity contribution is 5.80. The molecule has 3 rings (SSSR count). The minimum Gasteiger partial charge on any atom is -0.497 e. The Morgan fingerprint density at radius 1 is 1.10 bits per heavy atom. The van der Waals surface area contributed by atoms with E-state index < -0.39 is 0 Å². The molecule has 2 N–H and O–H groups in total. The Labute approximate surface area is 185 Å². The average Bonchev–Trinajstić information content (AvgIpc) is 3.23. The molecule has 0 unspecified atom stereocenters. The molecule has 1 aromatic carbocycles. The zero-order valence-corrected chi connectivity index (χ0v) is 19.3. The highest BCUT2D eigenvalue weighted by Crippen LogP contribution is 2.35. The summed E-state index contributed by atoms with van der Waals surface area (Å²) >= 11 is 0. The van der Waals surface area contributed by atoms with Crippen LogP contribution in [-0.4, -0.2) is 44.5 Å². The third-order valence-corrected chi connectivity index (χ3v) is 6.09. The molecular weight excluding hydrogens is 392 g/mol. The number of guanidine groups is 1. The van der Waals surface area contributed by atoms with E-state index in [9.17, 15) is 0 Å². The van der Waals surface area contributed by atoms with Gasteiger partial charge in [0.1, 0.15) is 11.5 Å². The number of aryl methyl sites for hydroxylation is 2. The molecule has 1 saturated heterocycles. The van der Waals surface area contributed by atoms with Crippen LogP contribution in [0.5, 0.6) is 5.75 Å². The summed E-state index contributed by atoms with van der Waals surface area (Å²) in [6, 6.07) is 8.43. The summed E-state index contributed by atoms with van der Waals surface area (Å²) in [6.45, 7) is 9.94. The molecule has 1 fully saturated rings. The van der Waals surface area contributed by atoms with Gasteiger partial charge in [0.15, 0.2) is 5.96 Å². The zero-order chi connectivity index (χ0) is 22.1. The van der Waals surface area contributed by atoms with E-state index >= 15 is 0 Å². The van der Waals surface area contributed by atoms with Crippen LogP contribution in [0, 0.1) is 0 Å². The van der Waals surface area contributed by atoms with Crippen LogP contribution in [0.15, 0.2) is 33.8 Å². The summed E-state index contributed by atoms with van der Waals surface area (Å²) in [5, 5.41) is 11.2. The number of hydrogen-bond donors (Lipinski definition) is 2. The van der Waals surface area contributed by atoms with Gasteiger partial charge in [0.25, 0.3) is 0 Å². The van der Waals surface area contributed by atoms with Crippen molar-refractivity contribution < 1.29 is 14.0 Å². The van der Waals surface area contributed by atoms with Gasteiger partial charge in [0.2, 0.25) is 0 Å². The van der Waals surface area contributed by atoms with E-state index in [1.807, 2.05) is 12.1 Å². The van der Waals surface area contributed by atoms with Gasteiger partial charge >= 0.3 is 0 Å². The van der Waals surface area contributed by atoms with E-state index in [1.54, 1.807) is 7.11 Å². The number of ether oxygens (including phenoxy) is 2. The van der Waals surface area contributed by atoms with E-state index in [4.69, 9.17) is 19.0 Å². The topological polar surface area (TPSA) is 80.9 Å². The molecule has 0 spiro atoms. The van der Waals surface area contributed by atoms with Gasteiger partial charge in [-0.05, 0) is 43.9 Å². The van der Waals surface area contributed by atoms with Gasteiger partial charge in [-0.2, -0.15) is 0 Å². The van der Waals surface area contributed by atoms with Gasteiger partial charge in [-0.1, -0.05) is 31.1 Å². The summed E-state index contributed by atoms with van der Waals surface area (Å²) in [7, 11) is 1.70. The maximum Gasteiger partial charge on any atom is 0.191 e. The lowest BCUT2D eigenvalue weighted by Gasteiger charge is -2.38. The number of nitrogens with one attached hydrogen (secondary N) is 2. The molecule has 7 nitrogen and oxygen atoms in total. The summed E-state index contributed by atoms with van der Waals surface area (Å²) in [5.41, 5.74) is 3.41. The number of nitrogens with zero attached hydrogens (tertiary/aromatic N) is 2. The predicted molar refractivity (Wildman–Crippen MR) is 123 cm³/mol. The van der Waals surface area contributed by atoms with Gasteiger partial charge in [-0.3, -0.25) is 0 Å². The smallest absolute Gasteiger partial charge is 0.191 e. The number of benzene rings is 1. The molecule has 2 heterocycles. The van der Waals surface area contributed by atoms with E-state index in [0.29, 0.717) is 6.54 Å². The summed E-state index contributed by atoms with van der Waals surface area (Å²) in [4.78, 5) is 4.85. The lowest BCUT2D eigenvalue weighted by Crippen LogP contribution is -2.48. The second kappa shape index (κ2) is 11.2. The molecule has 1 aromatic heterocycles. The van der Waals surface area contributed by atoms with Crippen LogP contribution in [0.25, 0.3) is 0 Å². The summed E-state index contributed by atoms with van der Waals surface area (Å²) < 4.78 is 16.5. The lowest BCUT2D eigenvalue weighted by molar-refractivity contribution is 0.0513. The molecule has 0 bridgehead atoms. The Hall–Kier alpha value is -2.54. The molecule has 31 heavy (non-hydrogen) atoms. The quantitative estimate of drug-likeness (QED) is 0.469. The van der Waals surface area contributed by atoms with E-state index in [0.717, 1.165) is 80.7 Å². The van der Waals surface area contributed by atoms with Crippen LogP contribution < -0.4 is 15.4 Å². The first kappa shape index (κ1) is 23.1. The zero-order valence-electron chi connectivity index (χ0n) is 19.3.